The minimum absolute atomic E-state index is 0.457. The van der Waals surface area contributed by atoms with E-state index in [1.165, 1.54) is 31.4 Å². The van der Waals surface area contributed by atoms with Crippen molar-refractivity contribution >= 4 is 11.6 Å². The molecule has 0 fully saturated rings. The molecule has 1 unspecified atom stereocenters. The van der Waals surface area contributed by atoms with Gasteiger partial charge in [0, 0.05) is 19.0 Å². The molecule has 4 heteroatoms. The summed E-state index contributed by atoms with van der Waals surface area (Å²) < 4.78 is 2.05. The second-order valence-electron chi connectivity index (χ2n) is 5.93. The fraction of sp³-hybridized carbons (Fsp3) is 0.706. The number of halogens is 1. The van der Waals surface area contributed by atoms with Gasteiger partial charge in [-0.25, -0.2) is 0 Å². The van der Waals surface area contributed by atoms with Gasteiger partial charge >= 0.3 is 0 Å². The quantitative estimate of drug-likeness (QED) is 0.762. The van der Waals surface area contributed by atoms with Crippen LogP contribution in [0, 0.1) is 6.92 Å². The number of nitrogens with zero attached hydrogens (tertiary/aromatic N) is 2. The third-order valence-corrected chi connectivity index (χ3v) is 4.77. The van der Waals surface area contributed by atoms with Crippen LogP contribution in [0.4, 0.5) is 0 Å². The molecule has 1 aliphatic rings. The second-order valence-corrected chi connectivity index (χ2v) is 6.31. The number of likely N-dealkylation sites (N-methyl/N-ethyl adjacent to an activating group) is 1. The highest BCUT2D eigenvalue weighted by atomic mass is 35.5. The van der Waals surface area contributed by atoms with Crippen molar-refractivity contribution in [3.05, 3.63) is 28.1 Å². The summed E-state index contributed by atoms with van der Waals surface area (Å²) in [6.07, 6.45) is 9.75. The van der Waals surface area contributed by atoms with Crippen LogP contribution in [-0.2, 0) is 13.0 Å². The Bertz CT molecular complexity index is 490. The first-order chi connectivity index (χ1) is 10.2. The van der Waals surface area contributed by atoms with Crippen molar-refractivity contribution in [1.82, 2.24) is 15.1 Å². The number of nitrogens with one attached hydrogen (secondary N) is 1. The van der Waals surface area contributed by atoms with E-state index in [1.807, 2.05) is 6.92 Å². The van der Waals surface area contributed by atoms with Crippen molar-refractivity contribution in [1.29, 1.82) is 0 Å². The average molecular weight is 310 g/mol. The molecule has 1 N–H and O–H groups in total. The first kappa shape index (κ1) is 16.6. The fourth-order valence-electron chi connectivity index (χ4n) is 3.21. The third-order valence-electron chi connectivity index (χ3n) is 4.28. The van der Waals surface area contributed by atoms with Gasteiger partial charge in [0.15, 0.2) is 0 Å². The monoisotopic (exact) mass is 309 g/mol. The highest BCUT2D eigenvalue weighted by molar-refractivity contribution is 6.31. The molecule has 1 heterocycles. The SMILES string of the molecule is CCNC(CC1=CCCCC1)Cc1c(Cl)c(C)nn1CC. The van der Waals surface area contributed by atoms with Crippen LogP contribution < -0.4 is 5.32 Å². The Morgan fingerprint density at radius 3 is 2.76 bits per heavy atom. The molecule has 118 valence electrons. The van der Waals surface area contributed by atoms with E-state index in [9.17, 15) is 0 Å². The van der Waals surface area contributed by atoms with E-state index in [-0.39, 0.29) is 0 Å². The lowest BCUT2D eigenvalue weighted by Crippen LogP contribution is -2.32. The molecule has 2 rings (SSSR count). The molecule has 0 saturated heterocycles. The molecule has 0 aliphatic heterocycles. The van der Waals surface area contributed by atoms with Crippen molar-refractivity contribution in [2.45, 2.75) is 71.9 Å². The average Bonchev–Trinajstić information content (AvgIpc) is 2.76. The fourth-order valence-corrected chi connectivity index (χ4v) is 3.42. The van der Waals surface area contributed by atoms with Crippen molar-refractivity contribution < 1.29 is 0 Å². The lowest BCUT2D eigenvalue weighted by molar-refractivity contribution is 0.483. The van der Waals surface area contributed by atoms with Crippen LogP contribution in [0.1, 0.15) is 57.3 Å². The summed E-state index contributed by atoms with van der Waals surface area (Å²) in [7, 11) is 0. The van der Waals surface area contributed by atoms with Gasteiger partial charge < -0.3 is 5.32 Å². The zero-order valence-electron chi connectivity index (χ0n) is 13.6. The number of hydrogen-bond donors (Lipinski definition) is 1. The van der Waals surface area contributed by atoms with Crippen molar-refractivity contribution in [3.63, 3.8) is 0 Å². The van der Waals surface area contributed by atoms with E-state index < -0.39 is 0 Å². The largest absolute Gasteiger partial charge is 0.314 e. The lowest BCUT2D eigenvalue weighted by Gasteiger charge is -2.22. The maximum absolute atomic E-state index is 6.45. The summed E-state index contributed by atoms with van der Waals surface area (Å²) in [5.41, 5.74) is 3.74. The van der Waals surface area contributed by atoms with E-state index in [2.05, 4.69) is 35.0 Å². The molecular formula is C17H28ClN3. The number of allylic oxidation sites excluding steroid dienone is 1. The molecule has 0 saturated carbocycles. The standard InChI is InChI=1S/C17H28ClN3/c1-4-19-15(11-14-9-7-6-8-10-14)12-16-17(18)13(3)20-21(16)5-2/h9,15,19H,4-8,10-12H2,1-3H3. The van der Waals surface area contributed by atoms with Gasteiger partial charge in [-0.2, -0.15) is 5.10 Å². The topological polar surface area (TPSA) is 29.9 Å². The normalized spacial score (nSPS) is 16.9. The van der Waals surface area contributed by atoms with Crippen LogP contribution in [0.15, 0.2) is 11.6 Å². The van der Waals surface area contributed by atoms with Gasteiger partial charge in [0.05, 0.1) is 16.4 Å². The highest BCUT2D eigenvalue weighted by Gasteiger charge is 2.19. The molecule has 21 heavy (non-hydrogen) atoms. The zero-order valence-corrected chi connectivity index (χ0v) is 14.3. The Kier molecular flexibility index (Phi) is 6.31. The Morgan fingerprint density at radius 2 is 2.14 bits per heavy atom. The molecule has 1 atom stereocenters. The van der Waals surface area contributed by atoms with Crippen molar-refractivity contribution in [2.24, 2.45) is 0 Å². The molecule has 3 nitrogen and oxygen atoms in total. The van der Waals surface area contributed by atoms with Gasteiger partial charge in [0.2, 0.25) is 0 Å². The highest BCUT2D eigenvalue weighted by Crippen LogP contribution is 2.26. The maximum atomic E-state index is 6.45. The molecule has 0 spiro atoms. The number of aryl methyl sites for hydroxylation is 2. The van der Waals surface area contributed by atoms with Crippen molar-refractivity contribution in [2.75, 3.05) is 6.54 Å². The van der Waals surface area contributed by atoms with Crippen LogP contribution in [0.5, 0.6) is 0 Å². The van der Waals surface area contributed by atoms with E-state index >= 15 is 0 Å². The van der Waals surface area contributed by atoms with Crippen LogP contribution in [0.3, 0.4) is 0 Å². The van der Waals surface area contributed by atoms with E-state index in [4.69, 9.17) is 11.6 Å². The van der Waals surface area contributed by atoms with Crippen LogP contribution in [0.2, 0.25) is 5.02 Å². The minimum atomic E-state index is 0.457. The maximum Gasteiger partial charge on any atom is 0.0847 e. The van der Waals surface area contributed by atoms with Gasteiger partial charge in [0.1, 0.15) is 0 Å². The lowest BCUT2D eigenvalue weighted by atomic mass is 9.92. The smallest absolute Gasteiger partial charge is 0.0847 e. The molecule has 0 radical (unpaired) electrons. The molecule has 0 aromatic carbocycles. The Balaban J connectivity index is 2.10. The summed E-state index contributed by atoms with van der Waals surface area (Å²) in [6.45, 7) is 8.16. The Hall–Kier alpha value is -0.800. The number of rotatable bonds is 7. The second kappa shape index (κ2) is 8.00. The molecule has 1 aliphatic carbocycles. The number of hydrogen-bond acceptors (Lipinski definition) is 2. The van der Waals surface area contributed by atoms with Crippen LogP contribution in [-0.4, -0.2) is 22.4 Å². The van der Waals surface area contributed by atoms with Gasteiger partial charge in [-0.3, -0.25) is 4.68 Å². The Morgan fingerprint density at radius 1 is 1.33 bits per heavy atom. The predicted molar refractivity (Wildman–Crippen MR) is 90.0 cm³/mol. The predicted octanol–water partition coefficient (Wildman–Crippen LogP) is 4.28. The number of aromatic nitrogens is 2. The first-order valence-electron chi connectivity index (χ1n) is 8.28. The molecule has 0 amide bonds. The summed E-state index contributed by atoms with van der Waals surface area (Å²) in [4.78, 5) is 0. The van der Waals surface area contributed by atoms with Gasteiger partial charge in [0.25, 0.3) is 0 Å². The van der Waals surface area contributed by atoms with Gasteiger partial charge in [-0.1, -0.05) is 30.2 Å². The minimum Gasteiger partial charge on any atom is -0.314 e. The zero-order chi connectivity index (χ0) is 15.2. The van der Waals surface area contributed by atoms with Crippen LogP contribution in [0.25, 0.3) is 0 Å². The molecular weight excluding hydrogens is 282 g/mol. The summed E-state index contributed by atoms with van der Waals surface area (Å²) in [5.74, 6) is 0. The summed E-state index contributed by atoms with van der Waals surface area (Å²) in [6, 6.07) is 0.457. The van der Waals surface area contributed by atoms with E-state index in [1.54, 1.807) is 5.57 Å². The van der Waals surface area contributed by atoms with Crippen molar-refractivity contribution in [3.8, 4) is 0 Å². The Labute approximate surface area is 133 Å². The summed E-state index contributed by atoms with van der Waals surface area (Å²) >= 11 is 6.45. The first-order valence-corrected chi connectivity index (χ1v) is 8.66. The van der Waals surface area contributed by atoms with Gasteiger partial charge in [-0.05, 0) is 52.5 Å². The summed E-state index contributed by atoms with van der Waals surface area (Å²) in [5, 5.41) is 9.00. The van der Waals surface area contributed by atoms with E-state index in [0.29, 0.717) is 6.04 Å². The van der Waals surface area contributed by atoms with Gasteiger partial charge in [-0.15, -0.1) is 0 Å². The van der Waals surface area contributed by atoms with Crippen LogP contribution >= 0.6 is 11.6 Å². The van der Waals surface area contributed by atoms with E-state index in [0.717, 1.165) is 36.6 Å². The third kappa shape index (κ3) is 4.33. The molecule has 1 aromatic heterocycles. The molecule has 0 bridgehead atoms. The molecule has 1 aromatic rings.